The third kappa shape index (κ3) is 1.76. The molecule has 0 saturated carbocycles. The van der Waals surface area contributed by atoms with Gasteiger partial charge in [-0.25, -0.2) is 8.96 Å². The van der Waals surface area contributed by atoms with E-state index in [4.69, 9.17) is 11.6 Å². The van der Waals surface area contributed by atoms with Crippen molar-refractivity contribution in [3.05, 3.63) is 52.8 Å². The predicted octanol–water partition coefficient (Wildman–Crippen LogP) is 3.55. The Hall–Kier alpha value is -1.83. The van der Waals surface area contributed by atoms with Crippen molar-refractivity contribution in [1.29, 1.82) is 0 Å². The first-order valence-corrected chi connectivity index (χ1v) is 9.13. The van der Waals surface area contributed by atoms with Crippen molar-refractivity contribution in [3.8, 4) is 0 Å². The van der Waals surface area contributed by atoms with Crippen LogP contribution in [-0.2, 0) is 10.0 Å². The van der Waals surface area contributed by atoms with Gasteiger partial charge in [-0.05, 0) is 18.6 Å². The number of aryl methyl sites for hydroxylation is 1. The SMILES string of the molecule is Cc1cccc2ccn(S(=O)(=O)c3c(Cl)nc4sccn34)c12. The number of fused-ring (bicyclic) bond motifs is 2. The van der Waals surface area contributed by atoms with Gasteiger partial charge in [-0.3, -0.25) is 4.40 Å². The van der Waals surface area contributed by atoms with E-state index in [0.717, 1.165) is 10.9 Å². The fourth-order valence-corrected chi connectivity index (χ4v) is 5.44. The summed E-state index contributed by atoms with van der Waals surface area (Å²) in [4.78, 5) is 4.66. The van der Waals surface area contributed by atoms with Crippen LogP contribution >= 0.6 is 22.9 Å². The number of aromatic nitrogens is 3. The van der Waals surface area contributed by atoms with E-state index in [1.54, 1.807) is 23.8 Å². The third-order valence-electron chi connectivity index (χ3n) is 3.56. The second-order valence-corrected chi connectivity index (χ2v) is 7.85. The zero-order chi connectivity index (χ0) is 15.5. The van der Waals surface area contributed by atoms with Crippen LogP contribution in [0.25, 0.3) is 15.9 Å². The first-order chi connectivity index (χ1) is 10.5. The van der Waals surface area contributed by atoms with Crippen molar-refractivity contribution in [2.75, 3.05) is 0 Å². The molecule has 4 rings (SSSR count). The molecule has 4 aromatic rings. The molecule has 0 spiro atoms. The number of thiazole rings is 1. The van der Waals surface area contributed by atoms with Crippen LogP contribution in [0.2, 0.25) is 5.15 Å². The summed E-state index contributed by atoms with van der Waals surface area (Å²) < 4.78 is 28.9. The smallest absolute Gasteiger partial charge is 0.278 e. The molecule has 0 fully saturated rings. The molecule has 0 amide bonds. The number of imidazole rings is 1. The topological polar surface area (TPSA) is 56.4 Å². The number of hydrogen-bond donors (Lipinski definition) is 0. The molecule has 8 heteroatoms. The van der Waals surface area contributed by atoms with Crippen LogP contribution in [0.4, 0.5) is 0 Å². The lowest BCUT2D eigenvalue weighted by molar-refractivity contribution is 0.584. The Balaban J connectivity index is 2.09. The molecular formula is C14H10ClN3O2S2. The van der Waals surface area contributed by atoms with E-state index in [-0.39, 0.29) is 10.2 Å². The van der Waals surface area contributed by atoms with E-state index in [1.165, 1.54) is 19.7 Å². The van der Waals surface area contributed by atoms with Gasteiger partial charge >= 0.3 is 0 Å². The molecule has 0 bridgehead atoms. The van der Waals surface area contributed by atoms with Crippen molar-refractivity contribution >= 4 is 48.8 Å². The summed E-state index contributed by atoms with van der Waals surface area (Å²) >= 11 is 7.42. The van der Waals surface area contributed by atoms with Crippen molar-refractivity contribution in [3.63, 3.8) is 0 Å². The number of rotatable bonds is 2. The normalized spacial score (nSPS) is 12.5. The first-order valence-electron chi connectivity index (χ1n) is 6.43. The molecule has 0 N–H and O–H groups in total. The highest BCUT2D eigenvalue weighted by atomic mass is 35.5. The van der Waals surface area contributed by atoms with E-state index in [1.807, 2.05) is 25.1 Å². The van der Waals surface area contributed by atoms with E-state index >= 15 is 0 Å². The van der Waals surface area contributed by atoms with Gasteiger partial charge in [0, 0.05) is 23.2 Å². The van der Waals surface area contributed by atoms with Gasteiger partial charge in [-0.15, -0.1) is 11.3 Å². The summed E-state index contributed by atoms with van der Waals surface area (Å²) in [6.07, 6.45) is 3.21. The number of benzene rings is 1. The van der Waals surface area contributed by atoms with Crippen LogP contribution in [0.1, 0.15) is 5.56 Å². The van der Waals surface area contributed by atoms with Crippen molar-refractivity contribution in [1.82, 2.24) is 13.4 Å². The molecular weight excluding hydrogens is 342 g/mol. The van der Waals surface area contributed by atoms with Crippen LogP contribution in [0.5, 0.6) is 0 Å². The summed E-state index contributed by atoms with van der Waals surface area (Å²) in [6.45, 7) is 1.88. The van der Waals surface area contributed by atoms with Gasteiger partial charge in [0.05, 0.1) is 5.52 Å². The Morgan fingerprint density at radius 2 is 2.05 bits per heavy atom. The van der Waals surface area contributed by atoms with Crippen LogP contribution in [0.3, 0.4) is 0 Å². The summed E-state index contributed by atoms with van der Waals surface area (Å²) in [5.41, 5.74) is 1.54. The Kier molecular flexibility index (Phi) is 2.87. The van der Waals surface area contributed by atoms with E-state index in [9.17, 15) is 8.42 Å². The molecule has 0 unspecified atom stereocenters. The largest absolute Gasteiger partial charge is 0.287 e. The first kappa shape index (κ1) is 13.8. The van der Waals surface area contributed by atoms with Crippen LogP contribution in [-0.4, -0.2) is 21.8 Å². The zero-order valence-corrected chi connectivity index (χ0v) is 13.8. The van der Waals surface area contributed by atoms with Gasteiger partial charge < -0.3 is 0 Å². The minimum absolute atomic E-state index is 0.00818. The molecule has 22 heavy (non-hydrogen) atoms. The summed E-state index contributed by atoms with van der Waals surface area (Å²) in [5, 5.41) is 2.62. The lowest BCUT2D eigenvalue weighted by atomic mass is 10.2. The standard InChI is InChI=1S/C14H10ClN3O2S2/c1-9-3-2-4-10-5-6-18(11(9)10)22(19,20)13-12(15)16-14-17(13)7-8-21-14/h2-8H,1H3. The van der Waals surface area contributed by atoms with Crippen molar-refractivity contribution in [2.45, 2.75) is 11.9 Å². The monoisotopic (exact) mass is 351 g/mol. The molecule has 112 valence electrons. The van der Waals surface area contributed by atoms with E-state index in [0.29, 0.717) is 10.5 Å². The Labute approximate surface area is 135 Å². The number of nitrogens with zero attached hydrogens (tertiary/aromatic N) is 3. The highest BCUT2D eigenvalue weighted by molar-refractivity contribution is 7.90. The predicted molar refractivity (Wildman–Crippen MR) is 87.3 cm³/mol. The Bertz CT molecular complexity index is 1120. The molecule has 3 heterocycles. The Morgan fingerprint density at radius 1 is 1.23 bits per heavy atom. The molecule has 0 atom stereocenters. The fraction of sp³-hybridized carbons (Fsp3) is 0.0714. The van der Waals surface area contributed by atoms with Crippen molar-refractivity contribution in [2.24, 2.45) is 0 Å². The average Bonchev–Trinajstić information content (AvgIpc) is 3.11. The van der Waals surface area contributed by atoms with Crippen molar-refractivity contribution < 1.29 is 8.42 Å². The quantitative estimate of drug-likeness (QED) is 0.555. The van der Waals surface area contributed by atoms with E-state index in [2.05, 4.69) is 4.98 Å². The Morgan fingerprint density at radius 3 is 2.86 bits per heavy atom. The second-order valence-electron chi connectivity index (χ2n) is 4.89. The molecule has 0 aliphatic rings. The maximum atomic E-state index is 13.1. The molecule has 5 nitrogen and oxygen atoms in total. The second kappa shape index (κ2) is 4.58. The van der Waals surface area contributed by atoms with Gasteiger partial charge in [0.2, 0.25) is 5.03 Å². The third-order valence-corrected chi connectivity index (χ3v) is 6.39. The summed E-state index contributed by atoms with van der Waals surface area (Å²) in [7, 11) is -3.84. The number of halogens is 1. The fourth-order valence-electron chi connectivity index (χ4n) is 2.60. The molecule has 0 aliphatic heterocycles. The van der Waals surface area contributed by atoms with Gasteiger partial charge in [0.15, 0.2) is 10.1 Å². The summed E-state index contributed by atoms with van der Waals surface area (Å²) in [6, 6.07) is 7.44. The molecule has 0 aliphatic carbocycles. The van der Waals surface area contributed by atoms with Gasteiger partial charge in [0.1, 0.15) is 0 Å². The zero-order valence-electron chi connectivity index (χ0n) is 11.4. The van der Waals surface area contributed by atoms with Crippen LogP contribution in [0.15, 0.2) is 47.1 Å². The maximum Gasteiger partial charge on any atom is 0.287 e. The lowest BCUT2D eigenvalue weighted by Gasteiger charge is -2.08. The minimum Gasteiger partial charge on any atom is -0.278 e. The maximum absolute atomic E-state index is 13.1. The van der Waals surface area contributed by atoms with Crippen LogP contribution in [0, 0.1) is 6.92 Å². The molecule has 1 aromatic carbocycles. The molecule has 0 saturated heterocycles. The molecule has 0 radical (unpaired) electrons. The van der Waals surface area contributed by atoms with E-state index < -0.39 is 10.0 Å². The highest BCUT2D eigenvalue weighted by Crippen LogP contribution is 2.30. The minimum atomic E-state index is -3.84. The van der Waals surface area contributed by atoms with Gasteiger partial charge in [0.25, 0.3) is 10.0 Å². The van der Waals surface area contributed by atoms with Gasteiger partial charge in [-0.1, -0.05) is 29.8 Å². The number of hydrogen-bond acceptors (Lipinski definition) is 4. The lowest BCUT2D eigenvalue weighted by Crippen LogP contribution is -2.14. The summed E-state index contributed by atoms with van der Waals surface area (Å²) in [5.74, 6) is 0. The number of para-hydroxylation sites is 1. The van der Waals surface area contributed by atoms with Crippen LogP contribution < -0.4 is 0 Å². The average molecular weight is 352 g/mol. The highest BCUT2D eigenvalue weighted by Gasteiger charge is 2.28. The van der Waals surface area contributed by atoms with Gasteiger partial charge in [-0.2, -0.15) is 8.42 Å². The molecule has 3 aromatic heterocycles.